The van der Waals surface area contributed by atoms with E-state index in [9.17, 15) is 0 Å². The maximum Gasteiger partial charge on any atom is 0.182 e. The van der Waals surface area contributed by atoms with Gasteiger partial charge in [-0.2, -0.15) is 0 Å². The maximum absolute atomic E-state index is 6.25. The molecule has 0 atom stereocenters. The molecule has 6 heteroatoms. The van der Waals surface area contributed by atoms with Crippen molar-refractivity contribution in [2.24, 2.45) is 0 Å². The number of hydrogen-bond donors (Lipinski definition) is 1. The van der Waals surface area contributed by atoms with Gasteiger partial charge in [0.15, 0.2) is 4.77 Å². The molecule has 1 heterocycles. The van der Waals surface area contributed by atoms with Crippen LogP contribution in [0.5, 0.6) is 0 Å². The minimum atomic E-state index is 0.638. The van der Waals surface area contributed by atoms with Crippen LogP contribution in [-0.4, -0.2) is 9.55 Å². The van der Waals surface area contributed by atoms with E-state index < -0.39 is 0 Å². The van der Waals surface area contributed by atoms with Gasteiger partial charge in [0.25, 0.3) is 0 Å². The summed E-state index contributed by atoms with van der Waals surface area (Å²) < 4.78 is 4.58. The van der Waals surface area contributed by atoms with E-state index in [1.807, 2.05) is 41.8 Å². The average molecular weight is 433 g/mol. The number of benzene rings is 2. The van der Waals surface area contributed by atoms with Crippen LogP contribution in [0.1, 0.15) is 5.56 Å². The Morgan fingerprint density at radius 3 is 2.70 bits per heavy atom. The van der Waals surface area contributed by atoms with E-state index >= 15 is 0 Å². The summed E-state index contributed by atoms with van der Waals surface area (Å²) in [5.74, 6) is 0. The fourth-order valence-electron chi connectivity index (χ4n) is 2.13. The lowest BCUT2D eigenvalue weighted by atomic mass is 10.2. The minimum absolute atomic E-state index is 0.638. The van der Waals surface area contributed by atoms with Crippen LogP contribution >= 0.6 is 55.7 Å². The van der Waals surface area contributed by atoms with Gasteiger partial charge in [-0.3, -0.25) is 4.57 Å². The van der Waals surface area contributed by atoms with Crippen LogP contribution in [0.2, 0.25) is 5.02 Å². The van der Waals surface area contributed by atoms with Crippen LogP contribution in [0.3, 0.4) is 0 Å². The topological polar surface area (TPSA) is 20.7 Å². The summed E-state index contributed by atoms with van der Waals surface area (Å²) in [7, 11) is 0. The molecule has 1 N–H and O–H groups in total. The highest BCUT2D eigenvalue weighted by Gasteiger charge is 2.11. The summed E-state index contributed by atoms with van der Waals surface area (Å²) in [5, 5.41) is 0.719. The Kier molecular flexibility index (Phi) is 3.79. The highest BCUT2D eigenvalue weighted by molar-refractivity contribution is 9.10. The molecule has 0 aliphatic heterocycles. The molecule has 0 radical (unpaired) electrons. The molecule has 20 heavy (non-hydrogen) atoms. The predicted octanol–water partition coefficient (Wildman–Crippen LogP) is 6.17. The monoisotopic (exact) mass is 430 g/mol. The minimum Gasteiger partial charge on any atom is -0.330 e. The fourth-order valence-corrected chi connectivity index (χ4v) is 3.59. The quantitative estimate of drug-likeness (QED) is 0.456. The summed E-state index contributed by atoms with van der Waals surface area (Å²) >= 11 is 18.7. The number of nitrogens with zero attached hydrogens (tertiary/aromatic N) is 1. The molecule has 2 nitrogen and oxygen atoms in total. The van der Waals surface area contributed by atoms with E-state index in [-0.39, 0.29) is 0 Å². The summed E-state index contributed by atoms with van der Waals surface area (Å²) in [6, 6.07) is 9.94. The number of aromatic nitrogens is 2. The third kappa shape index (κ3) is 2.37. The van der Waals surface area contributed by atoms with Crippen molar-refractivity contribution in [2.75, 3.05) is 0 Å². The van der Waals surface area contributed by atoms with Gasteiger partial charge in [0, 0.05) is 14.0 Å². The van der Waals surface area contributed by atoms with Crippen LogP contribution in [0, 0.1) is 11.7 Å². The molecule has 0 unspecified atom stereocenters. The van der Waals surface area contributed by atoms with Gasteiger partial charge in [0.1, 0.15) is 0 Å². The lowest BCUT2D eigenvalue weighted by Gasteiger charge is -2.10. The summed E-state index contributed by atoms with van der Waals surface area (Å²) in [6.45, 7) is 1.97. The first kappa shape index (κ1) is 14.3. The lowest BCUT2D eigenvalue weighted by Crippen LogP contribution is -1.96. The van der Waals surface area contributed by atoms with E-state index in [0.717, 1.165) is 36.3 Å². The van der Waals surface area contributed by atoms with Crippen molar-refractivity contribution in [1.29, 1.82) is 0 Å². The third-order valence-electron chi connectivity index (χ3n) is 3.11. The van der Waals surface area contributed by atoms with Crippen LogP contribution in [-0.2, 0) is 0 Å². The maximum atomic E-state index is 6.25. The Morgan fingerprint density at radius 1 is 1.20 bits per heavy atom. The van der Waals surface area contributed by atoms with Crippen LogP contribution in [0.15, 0.2) is 39.3 Å². The van der Waals surface area contributed by atoms with Crippen molar-refractivity contribution >= 4 is 66.7 Å². The smallest absolute Gasteiger partial charge is 0.182 e. The van der Waals surface area contributed by atoms with Gasteiger partial charge in [-0.1, -0.05) is 27.5 Å². The molecule has 0 saturated carbocycles. The molecular weight excluding hydrogens is 423 g/mol. The number of fused-ring (bicyclic) bond motifs is 1. The average Bonchev–Trinajstić information content (AvgIpc) is 2.69. The first-order valence-corrected chi connectivity index (χ1v) is 8.21. The van der Waals surface area contributed by atoms with Gasteiger partial charge in [0.05, 0.1) is 16.7 Å². The second-order valence-corrected chi connectivity index (χ2v) is 7.04. The zero-order chi connectivity index (χ0) is 14.4. The molecule has 0 amide bonds. The number of hydrogen-bond acceptors (Lipinski definition) is 1. The van der Waals surface area contributed by atoms with E-state index in [1.54, 1.807) is 0 Å². The van der Waals surface area contributed by atoms with Gasteiger partial charge in [-0.25, -0.2) is 0 Å². The van der Waals surface area contributed by atoms with Crippen LogP contribution < -0.4 is 0 Å². The Labute approximate surface area is 143 Å². The highest BCUT2D eigenvalue weighted by Crippen LogP contribution is 2.31. The molecule has 0 aliphatic carbocycles. The first-order chi connectivity index (χ1) is 9.47. The molecule has 0 saturated heterocycles. The summed E-state index contributed by atoms with van der Waals surface area (Å²) in [6.07, 6.45) is 0. The number of nitrogens with one attached hydrogen (secondary N) is 1. The zero-order valence-electron chi connectivity index (χ0n) is 10.4. The van der Waals surface area contributed by atoms with Gasteiger partial charge in [-0.15, -0.1) is 0 Å². The van der Waals surface area contributed by atoms with Crippen molar-refractivity contribution in [1.82, 2.24) is 9.55 Å². The van der Waals surface area contributed by atoms with Crippen LogP contribution in [0.4, 0.5) is 0 Å². The molecule has 1 aromatic heterocycles. The highest BCUT2D eigenvalue weighted by atomic mass is 79.9. The number of aromatic amines is 1. The number of rotatable bonds is 1. The Morgan fingerprint density at radius 2 is 1.95 bits per heavy atom. The van der Waals surface area contributed by atoms with Gasteiger partial charge < -0.3 is 4.98 Å². The molecule has 3 rings (SSSR count). The standard InChI is InChI=1S/C14H9Br2ClN2S/c1-7-4-9(16)13(6-10(7)17)19-12-3-2-8(15)5-11(12)18-14(19)20/h2-6H,1H3,(H,18,20). The fraction of sp³-hybridized carbons (Fsp3) is 0.0714. The van der Waals surface area contributed by atoms with Crippen molar-refractivity contribution in [2.45, 2.75) is 6.92 Å². The molecule has 0 fully saturated rings. The number of H-pyrrole nitrogens is 1. The second-order valence-electron chi connectivity index (χ2n) is 4.48. The van der Waals surface area contributed by atoms with E-state index in [0.29, 0.717) is 4.77 Å². The molecule has 2 aromatic carbocycles. The Balaban J connectivity index is 2.38. The van der Waals surface area contributed by atoms with Gasteiger partial charge >= 0.3 is 0 Å². The van der Waals surface area contributed by atoms with Gasteiger partial charge in [-0.05, 0) is 71.0 Å². The Bertz CT molecular complexity index is 883. The molecule has 0 bridgehead atoms. The van der Waals surface area contributed by atoms with Crippen molar-refractivity contribution in [3.8, 4) is 5.69 Å². The molecule has 3 aromatic rings. The lowest BCUT2D eigenvalue weighted by molar-refractivity contribution is 1.05. The first-order valence-electron chi connectivity index (χ1n) is 5.83. The van der Waals surface area contributed by atoms with Crippen LogP contribution in [0.25, 0.3) is 16.7 Å². The predicted molar refractivity (Wildman–Crippen MR) is 93.6 cm³/mol. The SMILES string of the molecule is Cc1cc(Br)c(-n2c(=S)[nH]c3cc(Br)ccc32)cc1Cl. The second kappa shape index (κ2) is 5.30. The zero-order valence-corrected chi connectivity index (χ0v) is 15.1. The summed E-state index contributed by atoms with van der Waals surface area (Å²) in [5.41, 5.74) is 3.95. The van der Waals surface area contributed by atoms with Crippen molar-refractivity contribution in [3.63, 3.8) is 0 Å². The summed E-state index contributed by atoms with van der Waals surface area (Å²) in [4.78, 5) is 3.21. The van der Waals surface area contributed by atoms with Crippen molar-refractivity contribution in [3.05, 3.63) is 54.6 Å². The van der Waals surface area contributed by atoms with E-state index in [4.69, 9.17) is 23.8 Å². The third-order valence-corrected chi connectivity index (χ3v) is 4.93. The number of aryl methyl sites for hydroxylation is 1. The van der Waals surface area contributed by atoms with E-state index in [1.165, 1.54) is 0 Å². The van der Waals surface area contributed by atoms with Crippen molar-refractivity contribution < 1.29 is 0 Å². The molecule has 0 aliphatic rings. The van der Waals surface area contributed by atoms with E-state index in [2.05, 4.69) is 36.8 Å². The molecular formula is C14H9Br2ClN2S. The molecule has 102 valence electrons. The largest absolute Gasteiger partial charge is 0.330 e. The normalized spacial score (nSPS) is 11.2. The number of halogens is 3. The van der Waals surface area contributed by atoms with Gasteiger partial charge in [0.2, 0.25) is 0 Å². The Hall–Kier alpha value is -0.620. The number of imidazole rings is 1. The molecule has 0 spiro atoms.